The first kappa shape index (κ1) is 16.4. The number of rotatable bonds is 9. The molecule has 1 aromatic carbocycles. The number of aliphatic carboxylic acids is 1. The second-order valence-electron chi connectivity index (χ2n) is 5.47. The van der Waals surface area contributed by atoms with E-state index in [1.807, 2.05) is 44.2 Å². The molecule has 3 heteroatoms. The normalized spacial score (nSPS) is 13.9. The molecule has 2 unspecified atom stereocenters. The van der Waals surface area contributed by atoms with Crippen LogP contribution in [0.1, 0.15) is 25.8 Å². The second kappa shape index (κ2) is 8.54. The molecular weight excluding hydrogens is 252 g/mol. The van der Waals surface area contributed by atoms with Crippen molar-refractivity contribution in [2.75, 3.05) is 6.61 Å². The molecule has 110 valence electrons. The standard InChI is InChI=1S/C17H24O3/c1-4-15(16(17(18)19)10-13(2)3)12-20-11-14-8-6-5-7-9-14/h4-9,13,15-16H,1,10-12H2,2-3H3,(H,18,19). The molecule has 0 bridgehead atoms. The molecule has 2 atom stereocenters. The molecular formula is C17H24O3. The zero-order chi connectivity index (χ0) is 15.0. The molecule has 0 aliphatic rings. The Balaban J connectivity index is 2.52. The monoisotopic (exact) mass is 276 g/mol. The van der Waals surface area contributed by atoms with Crippen LogP contribution in [0.25, 0.3) is 0 Å². The van der Waals surface area contributed by atoms with Crippen molar-refractivity contribution in [3.05, 3.63) is 48.6 Å². The predicted molar refractivity (Wildman–Crippen MR) is 80.4 cm³/mol. The maximum Gasteiger partial charge on any atom is 0.307 e. The third kappa shape index (κ3) is 5.57. The van der Waals surface area contributed by atoms with Crippen molar-refractivity contribution in [2.24, 2.45) is 17.8 Å². The van der Waals surface area contributed by atoms with Gasteiger partial charge >= 0.3 is 5.97 Å². The van der Waals surface area contributed by atoms with Crippen molar-refractivity contribution in [3.63, 3.8) is 0 Å². The average molecular weight is 276 g/mol. The van der Waals surface area contributed by atoms with Gasteiger partial charge in [0.2, 0.25) is 0 Å². The summed E-state index contributed by atoms with van der Waals surface area (Å²) in [7, 11) is 0. The van der Waals surface area contributed by atoms with Gasteiger partial charge in [0.15, 0.2) is 0 Å². The Morgan fingerprint density at radius 3 is 2.50 bits per heavy atom. The lowest BCUT2D eigenvalue weighted by Gasteiger charge is -2.22. The molecule has 0 aliphatic carbocycles. The maximum absolute atomic E-state index is 11.4. The highest BCUT2D eigenvalue weighted by Crippen LogP contribution is 2.23. The largest absolute Gasteiger partial charge is 0.481 e. The van der Waals surface area contributed by atoms with Crippen LogP contribution in [0.3, 0.4) is 0 Å². The Bertz CT molecular complexity index is 412. The number of ether oxygens (including phenoxy) is 1. The molecule has 0 saturated carbocycles. The summed E-state index contributed by atoms with van der Waals surface area (Å²) in [5.41, 5.74) is 1.09. The molecule has 0 fully saturated rings. The van der Waals surface area contributed by atoms with Gasteiger partial charge in [0, 0.05) is 5.92 Å². The van der Waals surface area contributed by atoms with Gasteiger partial charge in [-0.3, -0.25) is 4.79 Å². The number of carboxylic acids is 1. The molecule has 3 nitrogen and oxygen atoms in total. The number of hydrogen-bond donors (Lipinski definition) is 1. The van der Waals surface area contributed by atoms with E-state index in [2.05, 4.69) is 6.58 Å². The van der Waals surface area contributed by atoms with Crippen LogP contribution in [0.5, 0.6) is 0 Å². The second-order valence-corrected chi connectivity index (χ2v) is 5.47. The Kier molecular flexibility index (Phi) is 7.02. The van der Waals surface area contributed by atoms with Crippen LogP contribution in [0.4, 0.5) is 0 Å². The fraction of sp³-hybridized carbons (Fsp3) is 0.471. The van der Waals surface area contributed by atoms with E-state index in [0.717, 1.165) is 5.56 Å². The quantitative estimate of drug-likeness (QED) is 0.699. The fourth-order valence-electron chi connectivity index (χ4n) is 2.20. The Labute approximate surface area is 121 Å². The van der Waals surface area contributed by atoms with Crippen molar-refractivity contribution in [3.8, 4) is 0 Å². The molecule has 0 radical (unpaired) electrons. The first-order valence-electron chi connectivity index (χ1n) is 7.01. The van der Waals surface area contributed by atoms with Crippen molar-refractivity contribution in [1.82, 2.24) is 0 Å². The lowest BCUT2D eigenvalue weighted by Crippen LogP contribution is -2.27. The van der Waals surface area contributed by atoms with Crippen LogP contribution in [0.2, 0.25) is 0 Å². The van der Waals surface area contributed by atoms with E-state index < -0.39 is 11.9 Å². The van der Waals surface area contributed by atoms with Gasteiger partial charge in [-0.2, -0.15) is 0 Å². The first-order valence-corrected chi connectivity index (χ1v) is 7.01. The third-order valence-electron chi connectivity index (χ3n) is 3.28. The Morgan fingerprint density at radius 1 is 1.35 bits per heavy atom. The minimum absolute atomic E-state index is 0.154. The van der Waals surface area contributed by atoms with E-state index in [9.17, 15) is 9.90 Å². The molecule has 1 rings (SSSR count). The van der Waals surface area contributed by atoms with Gasteiger partial charge < -0.3 is 9.84 Å². The van der Waals surface area contributed by atoms with Gasteiger partial charge in [-0.25, -0.2) is 0 Å². The summed E-state index contributed by atoms with van der Waals surface area (Å²) in [5, 5.41) is 9.34. The molecule has 0 aromatic heterocycles. The van der Waals surface area contributed by atoms with E-state index in [-0.39, 0.29) is 5.92 Å². The molecule has 0 heterocycles. The highest BCUT2D eigenvalue weighted by atomic mass is 16.5. The smallest absolute Gasteiger partial charge is 0.307 e. The summed E-state index contributed by atoms with van der Waals surface area (Å²) in [6.07, 6.45) is 2.34. The zero-order valence-electron chi connectivity index (χ0n) is 12.3. The number of benzene rings is 1. The molecule has 0 saturated heterocycles. The number of carbonyl (C=O) groups is 1. The summed E-state index contributed by atoms with van der Waals surface area (Å²) >= 11 is 0. The van der Waals surface area contributed by atoms with Crippen LogP contribution in [-0.2, 0) is 16.1 Å². The molecule has 1 aromatic rings. The van der Waals surface area contributed by atoms with Gasteiger partial charge in [-0.15, -0.1) is 6.58 Å². The lowest BCUT2D eigenvalue weighted by molar-refractivity contribution is -0.144. The van der Waals surface area contributed by atoms with Crippen molar-refractivity contribution in [1.29, 1.82) is 0 Å². The third-order valence-corrected chi connectivity index (χ3v) is 3.28. The SMILES string of the molecule is C=CC(COCc1ccccc1)C(CC(C)C)C(=O)O. The summed E-state index contributed by atoms with van der Waals surface area (Å²) in [5.74, 6) is -1.01. The maximum atomic E-state index is 11.4. The predicted octanol–water partition coefficient (Wildman–Crippen LogP) is 3.75. The first-order chi connectivity index (χ1) is 9.54. The zero-order valence-corrected chi connectivity index (χ0v) is 12.3. The van der Waals surface area contributed by atoms with Crippen molar-refractivity contribution >= 4 is 5.97 Å². The summed E-state index contributed by atoms with van der Waals surface area (Å²) < 4.78 is 5.65. The van der Waals surface area contributed by atoms with Crippen molar-refractivity contribution in [2.45, 2.75) is 26.9 Å². The molecule has 0 aliphatic heterocycles. The van der Waals surface area contributed by atoms with Gasteiger partial charge in [-0.1, -0.05) is 50.3 Å². The lowest BCUT2D eigenvalue weighted by atomic mass is 9.86. The Hall–Kier alpha value is -1.61. The molecule has 1 N–H and O–H groups in total. The van der Waals surface area contributed by atoms with E-state index >= 15 is 0 Å². The van der Waals surface area contributed by atoms with Gasteiger partial charge in [0.25, 0.3) is 0 Å². The Morgan fingerprint density at radius 2 is 2.00 bits per heavy atom. The van der Waals surface area contributed by atoms with E-state index in [1.165, 1.54) is 0 Å². The van der Waals surface area contributed by atoms with Crippen LogP contribution in [-0.4, -0.2) is 17.7 Å². The molecule has 20 heavy (non-hydrogen) atoms. The number of carboxylic acid groups (broad SMARTS) is 1. The minimum Gasteiger partial charge on any atom is -0.481 e. The summed E-state index contributed by atoms with van der Waals surface area (Å²) in [4.78, 5) is 11.4. The topological polar surface area (TPSA) is 46.5 Å². The highest BCUT2D eigenvalue weighted by molar-refractivity contribution is 5.70. The van der Waals surface area contributed by atoms with Crippen LogP contribution in [0, 0.1) is 17.8 Å². The van der Waals surface area contributed by atoms with E-state index in [1.54, 1.807) is 6.08 Å². The molecule has 0 amide bonds. The minimum atomic E-state index is -0.771. The summed E-state index contributed by atoms with van der Waals surface area (Å²) in [6.45, 7) is 8.70. The number of hydrogen-bond acceptors (Lipinski definition) is 2. The highest BCUT2D eigenvalue weighted by Gasteiger charge is 2.26. The van der Waals surface area contributed by atoms with Gasteiger partial charge in [0.05, 0.1) is 19.1 Å². The summed E-state index contributed by atoms with van der Waals surface area (Å²) in [6, 6.07) is 9.86. The van der Waals surface area contributed by atoms with E-state index in [0.29, 0.717) is 25.6 Å². The fourth-order valence-corrected chi connectivity index (χ4v) is 2.20. The average Bonchev–Trinajstić information content (AvgIpc) is 2.42. The van der Waals surface area contributed by atoms with Gasteiger partial charge in [0.1, 0.15) is 0 Å². The molecule has 0 spiro atoms. The van der Waals surface area contributed by atoms with E-state index in [4.69, 9.17) is 4.74 Å². The van der Waals surface area contributed by atoms with Crippen LogP contribution >= 0.6 is 0 Å². The van der Waals surface area contributed by atoms with Crippen molar-refractivity contribution < 1.29 is 14.6 Å². The van der Waals surface area contributed by atoms with Gasteiger partial charge in [-0.05, 0) is 17.9 Å². The van der Waals surface area contributed by atoms with Crippen LogP contribution in [0.15, 0.2) is 43.0 Å². The van der Waals surface area contributed by atoms with Crippen LogP contribution < -0.4 is 0 Å².